The summed E-state index contributed by atoms with van der Waals surface area (Å²) >= 11 is 0. The summed E-state index contributed by atoms with van der Waals surface area (Å²) in [6, 6.07) is 11.5. The third kappa shape index (κ3) is 1.52. The number of aliphatic hydroxyl groups is 3. The predicted octanol–water partition coefficient (Wildman–Crippen LogP) is 1.16. The molecule has 0 radical (unpaired) electrons. The van der Waals surface area contributed by atoms with Gasteiger partial charge < -0.3 is 15.3 Å². The third-order valence-electron chi connectivity index (χ3n) is 3.33. The Kier molecular flexibility index (Phi) is 2.33. The van der Waals surface area contributed by atoms with Gasteiger partial charge in [-0.1, -0.05) is 6.07 Å². The van der Waals surface area contributed by atoms with E-state index in [1.54, 1.807) is 12.5 Å². The Hall–Kier alpha value is -1.55. The maximum Gasteiger partial charge on any atom is 0.154 e. The molecule has 0 aromatic heterocycles. The average Bonchev–Trinajstić information content (AvgIpc) is 2.36. The number of aliphatic hydroxyl groups excluding tert-OH is 3. The molecule has 0 heterocycles. The molecule has 0 saturated carbocycles. The molecule has 0 saturated heterocycles. The van der Waals surface area contributed by atoms with Gasteiger partial charge in [0.25, 0.3) is 0 Å². The molecule has 3 atom stereocenters. The van der Waals surface area contributed by atoms with Crippen LogP contribution in [-0.2, 0) is 0 Å². The monoisotopic (exact) mass is 229 g/mol. The molecule has 3 rings (SSSR count). The summed E-state index contributed by atoms with van der Waals surface area (Å²) in [7, 11) is 0. The number of fused-ring (bicyclic) bond motifs is 3. The van der Waals surface area contributed by atoms with Crippen LogP contribution in [0.4, 0.5) is 0 Å². The Morgan fingerprint density at radius 2 is 1.71 bits per heavy atom. The second-order valence-electron chi connectivity index (χ2n) is 4.38. The summed E-state index contributed by atoms with van der Waals surface area (Å²) in [4.78, 5) is 0. The van der Waals surface area contributed by atoms with Crippen LogP contribution in [0.1, 0.15) is 17.2 Å². The lowest BCUT2D eigenvalue weighted by Crippen LogP contribution is -2.37. The van der Waals surface area contributed by atoms with Crippen molar-refractivity contribution < 1.29 is 15.3 Å². The topological polar surface area (TPSA) is 60.7 Å². The number of hydrogen-bond donors (Lipinski definition) is 3. The first-order chi connectivity index (χ1) is 8.18. The Morgan fingerprint density at radius 3 is 2.53 bits per heavy atom. The molecule has 0 aliphatic heterocycles. The van der Waals surface area contributed by atoms with Crippen LogP contribution < -0.4 is 0 Å². The third-order valence-corrected chi connectivity index (χ3v) is 3.33. The highest BCUT2D eigenvalue weighted by molar-refractivity contribution is 5.88. The van der Waals surface area contributed by atoms with E-state index in [0.29, 0.717) is 5.56 Å². The van der Waals surface area contributed by atoms with Gasteiger partial charge in [-0.3, -0.25) is 0 Å². The van der Waals surface area contributed by atoms with Crippen molar-refractivity contribution in [1.82, 2.24) is 0 Å². The second kappa shape index (κ2) is 3.74. The maximum atomic E-state index is 9.93. The molecule has 2 aromatic rings. The van der Waals surface area contributed by atoms with Gasteiger partial charge in [-0.2, -0.15) is 0 Å². The van der Waals surface area contributed by atoms with Crippen LogP contribution in [0.2, 0.25) is 0 Å². The second-order valence-corrected chi connectivity index (χ2v) is 4.38. The summed E-state index contributed by atoms with van der Waals surface area (Å²) in [5.41, 5.74) is 1.48. The van der Waals surface area contributed by atoms with E-state index in [2.05, 4.69) is 0 Å². The number of rotatable bonds is 0. The van der Waals surface area contributed by atoms with Gasteiger partial charge in [0, 0.05) is 17.5 Å². The lowest BCUT2D eigenvalue weighted by Gasteiger charge is -2.25. The minimum absolute atomic E-state index is 0.668. The van der Waals surface area contributed by atoms with E-state index in [1.807, 2.05) is 30.3 Å². The van der Waals surface area contributed by atoms with Crippen molar-refractivity contribution in [3.05, 3.63) is 53.9 Å². The average molecular weight is 229 g/mol. The summed E-state index contributed by atoms with van der Waals surface area (Å²) in [6.07, 6.45) is -1.60. The quantitative estimate of drug-likeness (QED) is 0.594. The molecular formula is C14H13O3+. The van der Waals surface area contributed by atoms with Crippen molar-refractivity contribution in [1.29, 1.82) is 0 Å². The van der Waals surface area contributed by atoms with E-state index < -0.39 is 18.3 Å². The number of benzene rings is 2. The van der Waals surface area contributed by atoms with Gasteiger partial charge in [0.1, 0.15) is 17.8 Å². The number of hydrogen-bond acceptors (Lipinski definition) is 3. The van der Waals surface area contributed by atoms with E-state index in [0.717, 1.165) is 16.3 Å². The van der Waals surface area contributed by atoms with Crippen LogP contribution in [0.3, 0.4) is 0 Å². The molecule has 0 fully saturated rings. The molecule has 17 heavy (non-hydrogen) atoms. The lowest BCUT2D eigenvalue weighted by molar-refractivity contribution is -0.0532. The highest BCUT2D eigenvalue weighted by Gasteiger charge is 2.40. The first kappa shape index (κ1) is 10.6. The van der Waals surface area contributed by atoms with Gasteiger partial charge in [-0.15, -0.1) is 0 Å². The van der Waals surface area contributed by atoms with Crippen molar-refractivity contribution in [3.63, 3.8) is 0 Å². The smallest absolute Gasteiger partial charge is 0.154 e. The molecule has 0 amide bonds. The Balaban J connectivity index is 2.27. The highest BCUT2D eigenvalue weighted by atomic mass is 16.4. The van der Waals surface area contributed by atoms with Gasteiger partial charge in [-0.05, 0) is 18.2 Å². The molecule has 3 N–H and O–H groups in total. The van der Waals surface area contributed by atoms with Crippen molar-refractivity contribution >= 4 is 10.8 Å². The normalized spacial score (nSPS) is 27.6. The van der Waals surface area contributed by atoms with Crippen LogP contribution in [0.25, 0.3) is 10.8 Å². The van der Waals surface area contributed by atoms with Crippen LogP contribution in [-0.4, -0.2) is 27.5 Å². The molecule has 86 valence electrons. The Labute approximate surface area is 98.9 Å². The van der Waals surface area contributed by atoms with Crippen molar-refractivity contribution in [2.45, 2.75) is 18.3 Å². The van der Waals surface area contributed by atoms with E-state index in [4.69, 9.17) is 0 Å². The van der Waals surface area contributed by atoms with E-state index in [-0.39, 0.29) is 0 Å². The predicted molar refractivity (Wildman–Crippen MR) is 64.3 cm³/mol. The fourth-order valence-corrected chi connectivity index (χ4v) is 2.40. The van der Waals surface area contributed by atoms with Crippen LogP contribution in [0, 0.1) is 6.42 Å². The Bertz CT molecular complexity index is 564. The van der Waals surface area contributed by atoms with Crippen LogP contribution in [0.5, 0.6) is 0 Å². The maximum absolute atomic E-state index is 9.93. The standard InChI is InChI=1S/C14H13O3/c15-12-7-11-9-4-2-1-3-8(9)5-6-10(11)13(16)14(12)17/h1-7,12-17H/q+1/t12-,13-,14-/m1/s1. The first-order valence-electron chi connectivity index (χ1n) is 5.59. The minimum Gasteiger partial charge on any atom is -0.384 e. The van der Waals surface area contributed by atoms with Crippen molar-refractivity contribution in [3.8, 4) is 0 Å². The van der Waals surface area contributed by atoms with Gasteiger partial charge >= 0.3 is 0 Å². The zero-order valence-electron chi connectivity index (χ0n) is 9.12. The molecule has 0 unspecified atom stereocenters. The fourth-order valence-electron chi connectivity index (χ4n) is 2.40. The van der Waals surface area contributed by atoms with Gasteiger partial charge in [0.05, 0.1) is 17.4 Å². The van der Waals surface area contributed by atoms with Gasteiger partial charge in [0.2, 0.25) is 0 Å². The van der Waals surface area contributed by atoms with E-state index in [9.17, 15) is 15.3 Å². The first-order valence-corrected chi connectivity index (χ1v) is 5.59. The highest BCUT2D eigenvalue weighted by Crippen LogP contribution is 2.35. The van der Waals surface area contributed by atoms with E-state index in [1.165, 1.54) is 0 Å². The van der Waals surface area contributed by atoms with Crippen molar-refractivity contribution in [2.75, 3.05) is 0 Å². The molecule has 0 bridgehead atoms. The molecule has 1 aliphatic carbocycles. The zero-order chi connectivity index (χ0) is 12.0. The van der Waals surface area contributed by atoms with Crippen molar-refractivity contribution in [2.24, 2.45) is 0 Å². The van der Waals surface area contributed by atoms with Crippen LogP contribution in [0.15, 0.2) is 36.4 Å². The molecular weight excluding hydrogens is 216 g/mol. The summed E-state index contributed by atoms with van der Waals surface area (Å²) in [5.74, 6) is 0. The molecule has 2 aromatic carbocycles. The molecule has 3 heteroatoms. The van der Waals surface area contributed by atoms with Gasteiger partial charge in [-0.25, -0.2) is 0 Å². The minimum atomic E-state index is -1.15. The summed E-state index contributed by atoms with van der Waals surface area (Å²) in [6.45, 7) is 0. The summed E-state index contributed by atoms with van der Waals surface area (Å²) < 4.78 is 0. The summed E-state index contributed by atoms with van der Waals surface area (Å²) in [5, 5.41) is 31.3. The van der Waals surface area contributed by atoms with E-state index >= 15 is 0 Å². The van der Waals surface area contributed by atoms with Gasteiger partial charge in [0.15, 0.2) is 6.10 Å². The Morgan fingerprint density at radius 1 is 0.941 bits per heavy atom. The van der Waals surface area contributed by atoms with Crippen LogP contribution >= 0.6 is 0 Å². The zero-order valence-corrected chi connectivity index (χ0v) is 9.12. The largest absolute Gasteiger partial charge is 0.384 e. The molecule has 0 spiro atoms. The SMILES string of the molecule is O[C@@H]1[C@H](O)[CH+]c2c(ccc3ccccc23)[C@H]1O. The molecule has 1 aliphatic rings. The molecule has 3 nitrogen and oxygen atoms in total. The fraction of sp³-hybridized carbons (Fsp3) is 0.214. The lowest BCUT2D eigenvalue weighted by atomic mass is 9.83.